The maximum Gasteiger partial charge on any atom is 0.212 e. The Morgan fingerprint density at radius 2 is 2.05 bits per heavy atom. The van der Waals surface area contributed by atoms with Gasteiger partial charge in [-0.3, -0.25) is 0 Å². The van der Waals surface area contributed by atoms with Gasteiger partial charge in [-0.25, -0.2) is 4.98 Å². The SMILES string of the molecule is CCOc1ccccc1C(C)Nc1ccc(F)nc1. The lowest BCUT2D eigenvalue weighted by Crippen LogP contribution is -2.09. The Labute approximate surface area is 112 Å². The number of nitrogens with one attached hydrogen (secondary N) is 1. The Balaban J connectivity index is 2.15. The van der Waals surface area contributed by atoms with Crippen LogP contribution in [0.1, 0.15) is 25.5 Å². The van der Waals surface area contributed by atoms with Gasteiger partial charge in [0.25, 0.3) is 0 Å². The van der Waals surface area contributed by atoms with Crippen LogP contribution >= 0.6 is 0 Å². The first-order chi connectivity index (χ1) is 9.20. The van der Waals surface area contributed by atoms with E-state index in [1.54, 1.807) is 6.07 Å². The van der Waals surface area contributed by atoms with Crippen LogP contribution in [-0.2, 0) is 0 Å². The minimum absolute atomic E-state index is 0.0509. The summed E-state index contributed by atoms with van der Waals surface area (Å²) in [5.74, 6) is 0.382. The molecule has 0 saturated carbocycles. The molecule has 3 nitrogen and oxygen atoms in total. The molecule has 0 aliphatic rings. The number of aromatic nitrogens is 1. The summed E-state index contributed by atoms with van der Waals surface area (Å²) in [5.41, 5.74) is 1.84. The number of hydrogen-bond acceptors (Lipinski definition) is 3. The maximum atomic E-state index is 12.8. The second-order valence-corrected chi connectivity index (χ2v) is 4.21. The second kappa shape index (κ2) is 6.18. The molecule has 4 heteroatoms. The molecule has 2 aromatic rings. The molecule has 1 heterocycles. The largest absolute Gasteiger partial charge is 0.494 e. The highest BCUT2D eigenvalue weighted by Gasteiger charge is 2.11. The molecule has 0 aliphatic carbocycles. The van der Waals surface area contributed by atoms with E-state index in [9.17, 15) is 4.39 Å². The summed E-state index contributed by atoms with van der Waals surface area (Å²) in [6.45, 7) is 4.61. The molecule has 1 aromatic carbocycles. The summed E-state index contributed by atoms with van der Waals surface area (Å²) < 4.78 is 18.4. The fraction of sp³-hybridized carbons (Fsp3) is 0.267. The number of anilines is 1. The number of ether oxygens (including phenoxy) is 1. The number of benzene rings is 1. The lowest BCUT2D eigenvalue weighted by Gasteiger charge is -2.18. The van der Waals surface area contributed by atoms with Crippen LogP contribution in [-0.4, -0.2) is 11.6 Å². The van der Waals surface area contributed by atoms with Crippen LogP contribution < -0.4 is 10.1 Å². The molecule has 0 saturated heterocycles. The topological polar surface area (TPSA) is 34.1 Å². The maximum absolute atomic E-state index is 12.8. The Morgan fingerprint density at radius 1 is 1.26 bits per heavy atom. The molecular formula is C15H17FN2O. The van der Waals surface area contributed by atoms with Gasteiger partial charge >= 0.3 is 0 Å². The predicted molar refractivity (Wildman–Crippen MR) is 73.8 cm³/mol. The highest BCUT2D eigenvalue weighted by atomic mass is 19.1. The predicted octanol–water partition coefficient (Wildman–Crippen LogP) is 3.79. The minimum atomic E-state index is -0.479. The summed E-state index contributed by atoms with van der Waals surface area (Å²) in [5, 5.41) is 3.28. The van der Waals surface area contributed by atoms with Gasteiger partial charge in [0.15, 0.2) is 0 Å². The molecule has 0 amide bonds. The van der Waals surface area contributed by atoms with Crippen LogP contribution in [0.25, 0.3) is 0 Å². The van der Waals surface area contributed by atoms with Crippen molar-refractivity contribution < 1.29 is 9.13 Å². The zero-order valence-corrected chi connectivity index (χ0v) is 11.1. The van der Waals surface area contributed by atoms with E-state index in [0.717, 1.165) is 17.0 Å². The van der Waals surface area contributed by atoms with Crippen LogP contribution in [0.3, 0.4) is 0 Å². The van der Waals surface area contributed by atoms with E-state index in [2.05, 4.69) is 10.3 Å². The summed E-state index contributed by atoms with van der Waals surface area (Å²) in [6.07, 6.45) is 1.48. The standard InChI is InChI=1S/C15H17FN2O/c1-3-19-14-7-5-4-6-13(14)11(2)18-12-8-9-15(16)17-10-12/h4-11,18H,3H2,1-2H3. The molecule has 1 N–H and O–H groups in total. The molecular weight excluding hydrogens is 243 g/mol. The zero-order valence-electron chi connectivity index (χ0n) is 11.1. The first-order valence-corrected chi connectivity index (χ1v) is 6.30. The van der Waals surface area contributed by atoms with E-state index in [-0.39, 0.29) is 6.04 Å². The molecule has 0 radical (unpaired) electrons. The molecule has 0 fully saturated rings. The van der Waals surface area contributed by atoms with Crippen molar-refractivity contribution in [2.24, 2.45) is 0 Å². The van der Waals surface area contributed by atoms with E-state index in [1.807, 2.05) is 38.1 Å². The van der Waals surface area contributed by atoms with Gasteiger partial charge in [0, 0.05) is 5.56 Å². The quantitative estimate of drug-likeness (QED) is 0.830. The van der Waals surface area contributed by atoms with Crippen LogP contribution in [0.5, 0.6) is 5.75 Å². The number of para-hydroxylation sites is 1. The second-order valence-electron chi connectivity index (χ2n) is 4.21. The summed E-state index contributed by atoms with van der Waals surface area (Å²) in [6, 6.07) is 10.9. The summed E-state index contributed by atoms with van der Waals surface area (Å²) >= 11 is 0. The van der Waals surface area contributed by atoms with Crippen molar-refractivity contribution in [2.75, 3.05) is 11.9 Å². The first-order valence-electron chi connectivity index (χ1n) is 6.30. The van der Waals surface area contributed by atoms with Gasteiger partial charge in [-0.05, 0) is 32.0 Å². The average molecular weight is 260 g/mol. The Bertz CT molecular complexity index is 528. The third kappa shape index (κ3) is 3.44. The van der Waals surface area contributed by atoms with Gasteiger partial charge in [-0.2, -0.15) is 4.39 Å². The molecule has 19 heavy (non-hydrogen) atoms. The van der Waals surface area contributed by atoms with Crippen LogP contribution in [0, 0.1) is 5.95 Å². The number of halogens is 1. The van der Waals surface area contributed by atoms with Crippen LogP contribution in [0.15, 0.2) is 42.6 Å². The van der Waals surface area contributed by atoms with Crippen molar-refractivity contribution in [3.63, 3.8) is 0 Å². The fourth-order valence-electron chi connectivity index (χ4n) is 1.91. The summed E-state index contributed by atoms with van der Waals surface area (Å²) in [7, 11) is 0. The van der Waals surface area contributed by atoms with Gasteiger partial charge in [0.05, 0.1) is 24.5 Å². The Hall–Kier alpha value is -2.10. The third-order valence-corrected chi connectivity index (χ3v) is 2.80. The number of pyridine rings is 1. The van der Waals surface area contributed by atoms with Crippen molar-refractivity contribution in [2.45, 2.75) is 19.9 Å². The normalized spacial score (nSPS) is 11.9. The van der Waals surface area contributed by atoms with Gasteiger partial charge < -0.3 is 10.1 Å². The molecule has 100 valence electrons. The van der Waals surface area contributed by atoms with E-state index >= 15 is 0 Å². The van der Waals surface area contributed by atoms with Gasteiger partial charge in [-0.1, -0.05) is 18.2 Å². The van der Waals surface area contributed by atoms with Crippen LogP contribution in [0.4, 0.5) is 10.1 Å². The highest BCUT2D eigenvalue weighted by Crippen LogP contribution is 2.27. The zero-order chi connectivity index (χ0) is 13.7. The lowest BCUT2D eigenvalue weighted by molar-refractivity contribution is 0.335. The molecule has 1 aromatic heterocycles. The van der Waals surface area contributed by atoms with Crippen molar-refractivity contribution in [1.82, 2.24) is 4.98 Å². The van der Waals surface area contributed by atoms with Gasteiger partial charge in [0.1, 0.15) is 5.75 Å². The smallest absolute Gasteiger partial charge is 0.212 e. The van der Waals surface area contributed by atoms with Crippen LogP contribution in [0.2, 0.25) is 0 Å². The van der Waals surface area contributed by atoms with Gasteiger partial charge in [-0.15, -0.1) is 0 Å². The summed E-state index contributed by atoms with van der Waals surface area (Å²) in [4.78, 5) is 3.62. The Morgan fingerprint density at radius 3 is 2.74 bits per heavy atom. The van der Waals surface area contributed by atoms with Gasteiger partial charge in [0.2, 0.25) is 5.95 Å². The molecule has 0 aliphatic heterocycles. The monoisotopic (exact) mass is 260 g/mol. The molecule has 2 rings (SSSR count). The first kappa shape index (κ1) is 13.3. The number of rotatable bonds is 5. The van der Waals surface area contributed by atoms with Crippen molar-refractivity contribution >= 4 is 5.69 Å². The average Bonchev–Trinajstić information content (AvgIpc) is 2.42. The third-order valence-electron chi connectivity index (χ3n) is 2.80. The van der Waals surface area contributed by atoms with Crippen molar-refractivity contribution in [1.29, 1.82) is 0 Å². The highest BCUT2D eigenvalue weighted by molar-refractivity contribution is 5.45. The Kier molecular flexibility index (Phi) is 4.34. The lowest BCUT2D eigenvalue weighted by atomic mass is 10.1. The van der Waals surface area contributed by atoms with E-state index in [4.69, 9.17) is 4.74 Å². The van der Waals surface area contributed by atoms with E-state index in [0.29, 0.717) is 6.61 Å². The molecule has 0 bridgehead atoms. The van der Waals surface area contributed by atoms with Crippen molar-refractivity contribution in [3.05, 3.63) is 54.1 Å². The van der Waals surface area contributed by atoms with E-state index < -0.39 is 5.95 Å². The molecule has 1 atom stereocenters. The van der Waals surface area contributed by atoms with E-state index in [1.165, 1.54) is 12.3 Å². The molecule has 1 unspecified atom stereocenters. The van der Waals surface area contributed by atoms with Crippen molar-refractivity contribution in [3.8, 4) is 5.75 Å². The fourth-order valence-corrected chi connectivity index (χ4v) is 1.91. The number of nitrogens with zero attached hydrogens (tertiary/aromatic N) is 1. The number of hydrogen-bond donors (Lipinski definition) is 1. The molecule has 0 spiro atoms. The minimum Gasteiger partial charge on any atom is -0.494 e.